The van der Waals surface area contributed by atoms with Crippen molar-refractivity contribution < 1.29 is 14.3 Å². The van der Waals surface area contributed by atoms with Gasteiger partial charge in [-0.25, -0.2) is 0 Å². The first-order chi connectivity index (χ1) is 11.4. The number of ether oxygens (including phenoxy) is 2. The van der Waals surface area contributed by atoms with E-state index in [1.807, 2.05) is 63.2 Å². The number of fused-ring (bicyclic) bond motifs is 5. The number of carbonyl (C=O) groups excluding carboxylic acids is 1. The van der Waals surface area contributed by atoms with E-state index in [1.165, 1.54) is 5.56 Å². The lowest BCUT2D eigenvalue weighted by atomic mass is 9.71. The van der Waals surface area contributed by atoms with Gasteiger partial charge in [-0.2, -0.15) is 0 Å². The van der Waals surface area contributed by atoms with Gasteiger partial charge in [0.1, 0.15) is 11.2 Å². The zero-order valence-corrected chi connectivity index (χ0v) is 14.3. The van der Waals surface area contributed by atoms with Crippen LogP contribution in [0.3, 0.4) is 0 Å². The van der Waals surface area contributed by atoms with Crippen LogP contribution in [0.2, 0.25) is 0 Å². The van der Waals surface area contributed by atoms with Crippen LogP contribution < -0.4 is 0 Å². The lowest BCUT2D eigenvalue weighted by Gasteiger charge is -2.35. The highest BCUT2D eigenvalue weighted by Crippen LogP contribution is 2.61. The van der Waals surface area contributed by atoms with E-state index in [1.54, 1.807) is 0 Å². The number of hydrogen-bond donors (Lipinski definition) is 0. The van der Waals surface area contributed by atoms with Crippen molar-refractivity contribution in [1.29, 1.82) is 0 Å². The van der Waals surface area contributed by atoms with Crippen molar-refractivity contribution in [3.8, 4) is 0 Å². The fourth-order valence-electron chi connectivity index (χ4n) is 4.04. The van der Waals surface area contributed by atoms with Crippen LogP contribution in [0.25, 0.3) is 0 Å². The van der Waals surface area contributed by atoms with E-state index < -0.39 is 11.2 Å². The van der Waals surface area contributed by atoms with Gasteiger partial charge in [0.05, 0.1) is 12.0 Å². The summed E-state index contributed by atoms with van der Waals surface area (Å²) in [6, 6.07) is 18.3. The maximum atomic E-state index is 12.9. The van der Waals surface area contributed by atoms with Crippen LogP contribution in [0.1, 0.15) is 50.0 Å². The minimum atomic E-state index is -0.731. The molecule has 3 atom stereocenters. The SMILES string of the molecule is CC(C)(C)OC(=O)C1C[C@H]2O[C@]1(c1ccccc1)c1ccccc12. The fraction of sp³-hybridized carbons (Fsp3) is 0.381. The second-order valence-corrected chi connectivity index (χ2v) is 7.62. The Hall–Kier alpha value is -2.13. The molecule has 24 heavy (non-hydrogen) atoms. The molecule has 124 valence electrons. The molecule has 0 amide bonds. The van der Waals surface area contributed by atoms with Crippen molar-refractivity contribution >= 4 is 5.97 Å². The molecule has 4 rings (SSSR count). The summed E-state index contributed by atoms with van der Waals surface area (Å²) >= 11 is 0. The Kier molecular flexibility index (Phi) is 3.33. The molecule has 3 heteroatoms. The molecule has 0 N–H and O–H groups in total. The lowest BCUT2D eigenvalue weighted by Crippen LogP contribution is -2.41. The van der Waals surface area contributed by atoms with Gasteiger partial charge in [-0.3, -0.25) is 4.79 Å². The number of esters is 1. The normalized spacial score (nSPS) is 27.8. The van der Waals surface area contributed by atoms with Gasteiger partial charge in [0.15, 0.2) is 0 Å². The van der Waals surface area contributed by atoms with Crippen LogP contribution in [-0.2, 0) is 19.9 Å². The molecule has 2 aliphatic rings. The maximum absolute atomic E-state index is 12.9. The average molecular weight is 322 g/mol. The van der Waals surface area contributed by atoms with Crippen molar-refractivity contribution in [1.82, 2.24) is 0 Å². The van der Waals surface area contributed by atoms with E-state index in [-0.39, 0.29) is 18.0 Å². The molecule has 3 nitrogen and oxygen atoms in total. The summed E-state index contributed by atoms with van der Waals surface area (Å²) in [5, 5.41) is 0. The minimum absolute atomic E-state index is 0.0427. The molecular weight excluding hydrogens is 300 g/mol. The summed E-state index contributed by atoms with van der Waals surface area (Å²) in [7, 11) is 0. The molecule has 2 heterocycles. The predicted octanol–water partition coefficient (Wildman–Crippen LogP) is 4.36. The second kappa shape index (κ2) is 5.18. The molecule has 2 aromatic carbocycles. The quantitative estimate of drug-likeness (QED) is 0.771. The van der Waals surface area contributed by atoms with Crippen LogP contribution in [0.5, 0.6) is 0 Å². The predicted molar refractivity (Wildman–Crippen MR) is 91.4 cm³/mol. The zero-order valence-electron chi connectivity index (χ0n) is 14.3. The number of benzene rings is 2. The Bertz CT molecular complexity index is 775. The van der Waals surface area contributed by atoms with E-state index in [2.05, 4.69) is 12.1 Å². The largest absolute Gasteiger partial charge is 0.460 e. The summed E-state index contributed by atoms with van der Waals surface area (Å²) in [6.45, 7) is 5.71. The second-order valence-electron chi connectivity index (χ2n) is 7.62. The molecular formula is C21H22O3. The molecule has 0 radical (unpaired) electrons. The molecule has 1 fully saturated rings. The van der Waals surface area contributed by atoms with E-state index in [4.69, 9.17) is 9.47 Å². The van der Waals surface area contributed by atoms with Crippen LogP contribution in [0.15, 0.2) is 54.6 Å². The summed E-state index contributed by atoms with van der Waals surface area (Å²) in [5.41, 5.74) is 2.08. The molecule has 2 aliphatic heterocycles. The summed E-state index contributed by atoms with van der Waals surface area (Å²) < 4.78 is 12.2. The van der Waals surface area contributed by atoms with E-state index in [0.29, 0.717) is 6.42 Å². The molecule has 0 saturated carbocycles. The van der Waals surface area contributed by atoms with Crippen LogP contribution >= 0.6 is 0 Å². The average Bonchev–Trinajstić information content (AvgIpc) is 3.10. The highest BCUT2D eigenvalue weighted by molar-refractivity contribution is 5.78. The molecule has 1 saturated heterocycles. The molecule has 0 aliphatic carbocycles. The van der Waals surface area contributed by atoms with Crippen LogP contribution in [0.4, 0.5) is 0 Å². The highest BCUT2D eigenvalue weighted by atomic mass is 16.6. The Morgan fingerprint density at radius 2 is 1.75 bits per heavy atom. The fourth-order valence-corrected chi connectivity index (χ4v) is 4.04. The van der Waals surface area contributed by atoms with Crippen molar-refractivity contribution in [2.24, 2.45) is 5.92 Å². The summed E-state index contributed by atoms with van der Waals surface area (Å²) in [4.78, 5) is 12.9. The molecule has 1 unspecified atom stereocenters. The monoisotopic (exact) mass is 322 g/mol. The van der Waals surface area contributed by atoms with Gasteiger partial charge in [-0.15, -0.1) is 0 Å². The third-order valence-electron chi connectivity index (χ3n) is 4.87. The minimum Gasteiger partial charge on any atom is -0.460 e. The first-order valence-electron chi connectivity index (χ1n) is 8.47. The van der Waals surface area contributed by atoms with Crippen molar-refractivity contribution in [2.45, 2.75) is 44.5 Å². The number of carbonyl (C=O) groups is 1. The van der Waals surface area contributed by atoms with Gasteiger partial charge >= 0.3 is 5.97 Å². The topological polar surface area (TPSA) is 35.5 Å². The first-order valence-corrected chi connectivity index (χ1v) is 8.47. The van der Waals surface area contributed by atoms with Crippen LogP contribution in [0, 0.1) is 5.92 Å². The standard InChI is InChI=1S/C21H22O3/c1-20(2,3)24-19(22)17-13-18-15-11-7-8-12-16(15)21(17,23-18)14-9-5-4-6-10-14/h4-12,17-18H,13H2,1-3H3/t17?,18-,21-/m1/s1. The molecule has 2 bridgehead atoms. The Labute approximate surface area is 142 Å². The van der Waals surface area contributed by atoms with Gasteiger partial charge in [-0.05, 0) is 43.9 Å². The van der Waals surface area contributed by atoms with Gasteiger partial charge in [-0.1, -0.05) is 54.6 Å². The molecule has 2 aromatic rings. The van der Waals surface area contributed by atoms with E-state index in [9.17, 15) is 4.79 Å². The van der Waals surface area contributed by atoms with Gasteiger partial charge in [0, 0.05) is 0 Å². The maximum Gasteiger partial charge on any atom is 0.313 e. The van der Waals surface area contributed by atoms with Gasteiger partial charge < -0.3 is 9.47 Å². The van der Waals surface area contributed by atoms with E-state index in [0.717, 1.165) is 11.1 Å². The Morgan fingerprint density at radius 3 is 2.46 bits per heavy atom. The van der Waals surface area contributed by atoms with Crippen molar-refractivity contribution in [3.05, 3.63) is 71.3 Å². The van der Waals surface area contributed by atoms with E-state index >= 15 is 0 Å². The van der Waals surface area contributed by atoms with Gasteiger partial charge in [0.2, 0.25) is 0 Å². The highest BCUT2D eigenvalue weighted by Gasteiger charge is 2.61. The Morgan fingerprint density at radius 1 is 1.08 bits per heavy atom. The Balaban J connectivity index is 1.85. The zero-order chi connectivity index (χ0) is 16.9. The smallest absolute Gasteiger partial charge is 0.313 e. The third kappa shape index (κ3) is 2.19. The molecule has 0 spiro atoms. The van der Waals surface area contributed by atoms with Crippen molar-refractivity contribution in [3.63, 3.8) is 0 Å². The van der Waals surface area contributed by atoms with Gasteiger partial charge in [0.25, 0.3) is 0 Å². The van der Waals surface area contributed by atoms with Crippen molar-refractivity contribution in [2.75, 3.05) is 0 Å². The lowest BCUT2D eigenvalue weighted by molar-refractivity contribution is -0.164. The summed E-state index contributed by atoms with van der Waals surface area (Å²) in [6.07, 6.45) is 0.625. The first kappa shape index (κ1) is 15.4. The number of hydrogen-bond acceptors (Lipinski definition) is 3. The summed E-state index contributed by atoms with van der Waals surface area (Å²) in [5.74, 6) is -0.498. The third-order valence-corrected chi connectivity index (χ3v) is 4.87. The molecule has 0 aromatic heterocycles. The van der Waals surface area contributed by atoms with Crippen LogP contribution in [-0.4, -0.2) is 11.6 Å². The number of rotatable bonds is 2.